The molecule has 7 nitrogen and oxygen atoms in total. The molecular formula is C14H12N2O5. The Morgan fingerprint density at radius 3 is 2.52 bits per heavy atom. The lowest BCUT2D eigenvalue weighted by molar-refractivity contribution is -0.121. The van der Waals surface area contributed by atoms with Gasteiger partial charge in [-0.25, -0.2) is 4.79 Å². The standard InChI is InChI=1S/C14H12N2O5/c1-2-5-16-12(18)9-4-3-8(6-10(9)13(16)19)14(20)21-7-11(15)17/h2-4,6H,1,5,7H2,(H2,15,17). The molecule has 0 bridgehead atoms. The molecule has 108 valence electrons. The van der Waals surface area contributed by atoms with E-state index < -0.39 is 30.3 Å². The Labute approximate surface area is 120 Å². The van der Waals surface area contributed by atoms with Gasteiger partial charge < -0.3 is 10.5 Å². The summed E-state index contributed by atoms with van der Waals surface area (Å²) in [6, 6.07) is 3.99. The van der Waals surface area contributed by atoms with Gasteiger partial charge in [-0.05, 0) is 18.2 Å². The Morgan fingerprint density at radius 1 is 1.24 bits per heavy atom. The highest BCUT2D eigenvalue weighted by molar-refractivity contribution is 6.22. The van der Waals surface area contributed by atoms with Crippen LogP contribution in [0.2, 0.25) is 0 Å². The van der Waals surface area contributed by atoms with E-state index in [0.717, 1.165) is 4.90 Å². The molecule has 0 aliphatic carbocycles. The van der Waals surface area contributed by atoms with E-state index in [1.165, 1.54) is 24.3 Å². The van der Waals surface area contributed by atoms with E-state index in [1.54, 1.807) is 0 Å². The second kappa shape index (κ2) is 5.58. The van der Waals surface area contributed by atoms with Crippen LogP contribution in [-0.4, -0.2) is 41.7 Å². The number of nitrogens with zero attached hydrogens (tertiary/aromatic N) is 1. The summed E-state index contributed by atoms with van der Waals surface area (Å²) in [5.41, 5.74) is 5.27. The summed E-state index contributed by atoms with van der Waals surface area (Å²) in [6.45, 7) is 3.02. The van der Waals surface area contributed by atoms with Crippen molar-refractivity contribution in [2.45, 2.75) is 0 Å². The molecule has 1 aromatic rings. The number of imide groups is 1. The molecule has 0 saturated carbocycles. The van der Waals surface area contributed by atoms with Crippen molar-refractivity contribution in [3.63, 3.8) is 0 Å². The monoisotopic (exact) mass is 288 g/mol. The molecule has 1 aliphatic rings. The van der Waals surface area contributed by atoms with E-state index >= 15 is 0 Å². The zero-order valence-corrected chi connectivity index (χ0v) is 11.0. The van der Waals surface area contributed by atoms with Crippen LogP contribution in [0.5, 0.6) is 0 Å². The largest absolute Gasteiger partial charge is 0.452 e. The minimum atomic E-state index is -0.793. The molecule has 3 amide bonds. The van der Waals surface area contributed by atoms with Gasteiger partial charge in [0.1, 0.15) is 0 Å². The van der Waals surface area contributed by atoms with Crippen LogP contribution in [-0.2, 0) is 9.53 Å². The van der Waals surface area contributed by atoms with Crippen LogP contribution >= 0.6 is 0 Å². The molecule has 2 N–H and O–H groups in total. The van der Waals surface area contributed by atoms with Crippen molar-refractivity contribution in [1.29, 1.82) is 0 Å². The maximum atomic E-state index is 12.1. The van der Waals surface area contributed by atoms with Crippen LogP contribution in [0.15, 0.2) is 30.9 Å². The third-order valence-corrected chi connectivity index (χ3v) is 2.86. The molecule has 1 heterocycles. The summed E-state index contributed by atoms with van der Waals surface area (Å²) in [4.78, 5) is 47.3. The van der Waals surface area contributed by atoms with E-state index in [0.29, 0.717) is 0 Å². The second-order valence-corrected chi connectivity index (χ2v) is 4.31. The van der Waals surface area contributed by atoms with Gasteiger partial charge in [0.05, 0.1) is 16.7 Å². The van der Waals surface area contributed by atoms with Crippen molar-refractivity contribution in [3.8, 4) is 0 Å². The number of fused-ring (bicyclic) bond motifs is 1. The minimum Gasteiger partial charge on any atom is -0.452 e. The number of hydrogen-bond acceptors (Lipinski definition) is 5. The van der Waals surface area contributed by atoms with Crippen molar-refractivity contribution in [2.24, 2.45) is 5.73 Å². The van der Waals surface area contributed by atoms with Gasteiger partial charge in [0.2, 0.25) is 0 Å². The van der Waals surface area contributed by atoms with Crippen molar-refractivity contribution in [1.82, 2.24) is 4.90 Å². The molecule has 0 unspecified atom stereocenters. The number of primary amides is 1. The Balaban J connectivity index is 2.27. The summed E-state index contributed by atoms with van der Waals surface area (Å²) < 4.78 is 4.65. The van der Waals surface area contributed by atoms with Crippen molar-refractivity contribution < 1.29 is 23.9 Å². The van der Waals surface area contributed by atoms with Crippen LogP contribution in [0.4, 0.5) is 0 Å². The number of hydrogen-bond donors (Lipinski definition) is 1. The predicted molar refractivity (Wildman–Crippen MR) is 71.5 cm³/mol. The average molecular weight is 288 g/mol. The van der Waals surface area contributed by atoms with Gasteiger partial charge in [0.25, 0.3) is 17.7 Å². The summed E-state index contributed by atoms with van der Waals surface area (Å²) in [5, 5.41) is 0. The lowest BCUT2D eigenvalue weighted by Crippen LogP contribution is -2.29. The molecular weight excluding hydrogens is 276 g/mol. The van der Waals surface area contributed by atoms with Gasteiger partial charge in [0.15, 0.2) is 6.61 Å². The zero-order chi connectivity index (χ0) is 15.6. The maximum Gasteiger partial charge on any atom is 0.338 e. The van der Waals surface area contributed by atoms with Gasteiger partial charge >= 0.3 is 5.97 Å². The quantitative estimate of drug-likeness (QED) is 0.470. The third-order valence-electron chi connectivity index (χ3n) is 2.86. The SMILES string of the molecule is C=CCN1C(=O)c2ccc(C(=O)OCC(N)=O)cc2C1=O. The summed E-state index contributed by atoms with van der Waals surface area (Å²) in [6.07, 6.45) is 1.43. The van der Waals surface area contributed by atoms with Gasteiger partial charge in [-0.1, -0.05) is 6.08 Å². The average Bonchev–Trinajstić information content (AvgIpc) is 2.70. The van der Waals surface area contributed by atoms with Crippen molar-refractivity contribution in [3.05, 3.63) is 47.5 Å². The molecule has 1 aliphatic heterocycles. The fraction of sp³-hybridized carbons (Fsp3) is 0.143. The summed E-state index contributed by atoms with van der Waals surface area (Å²) >= 11 is 0. The van der Waals surface area contributed by atoms with E-state index in [2.05, 4.69) is 11.3 Å². The molecule has 0 aromatic heterocycles. The lowest BCUT2D eigenvalue weighted by Gasteiger charge is -2.09. The number of ether oxygens (including phenoxy) is 1. The highest BCUT2D eigenvalue weighted by Gasteiger charge is 2.35. The highest BCUT2D eigenvalue weighted by atomic mass is 16.5. The number of rotatable bonds is 5. The predicted octanol–water partition coefficient (Wildman–Crippen LogP) is 0.111. The fourth-order valence-corrected chi connectivity index (χ4v) is 1.93. The molecule has 2 rings (SSSR count). The van der Waals surface area contributed by atoms with Gasteiger partial charge in [0, 0.05) is 6.54 Å². The molecule has 0 atom stereocenters. The molecule has 0 spiro atoms. The summed E-state index contributed by atoms with van der Waals surface area (Å²) in [5.74, 6) is -2.52. The molecule has 0 fully saturated rings. The molecule has 0 saturated heterocycles. The molecule has 1 aromatic carbocycles. The van der Waals surface area contributed by atoms with Crippen LogP contribution in [0.3, 0.4) is 0 Å². The molecule has 7 heteroatoms. The topological polar surface area (TPSA) is 107 Å². The van der Waals surface area contributed by atoms with Gasteiger partial charge in [-0.15, -0.1) is 6.58 Å². The molecule has 21 heavy (non-hydrogen) atoms. The van der Waals surface area contributed by atoms with Gasteiger partial charge in [-0.2, -0.15) is 0 Å². The van der Waals surface area contributed by atoms with Crippen LogP contribution in [0, 0.1) is 0 Å². The Bertz CT molecular complexity index is 665. The minimum absolute atomic E-state index is 0.0663. The van der Waals surface area contributed by atoms with Crippen molar-refractivity contribution >= 4 is 23.7 Å². The van der Waals surface area contributed by atoms with E-state index in [4.69, 9.17) is 5.73 Å². The normalized spacial score (nSPS) is 13.0. The molecule has 0 radical (unpaired) electrons. The number of nitrogens with two attached hydrogens (primary N) is 1. The number of esters is 1. The zero-order valence-electron chi connectivity index (χ0n) is 11.0. The second-order valence-electron chi connectivity index (χ2n) is 4.31. The van der Waals surface area contributed by atoms with E-state index in [-0.39, 0.29) is 23.2 Å². The first-order chi connectivity index (χ1) is 9.95. The first kappa shape index (κ1) is 14.4. The number of carbonyl (C=O) groups excluding carboxylic acids is 4. The third kappa shape index (κ3) is 2.66. The van der Waals surface area contributed by atoms with Crippen LogP contribution in [0.25, 0.3) is 0 Å². The first-order valence-electron chi connectivity index (χ1n) is 6.02. The number of carbonyl (C=O) groups is 4. The lowest BCUT2D eigenvalue weighted by atomic mass is 10.1. The van der Waals surface area contributed by atoms with E-state index in [1.807, 2.05) is 0 Å². The van der Waals surface area contributed by atoms with Crippen LogP contribution in [0.1, 0.15) is 31.1 Å². The maximum absolute atomic E-state index is 12.1. The number of amides is 3. The summed E-state index contributed by atoms with van der Waals surface area (Å²) in [7, 11) is 0. The van der Waals surface area contributed by atoms with Crippen molar-refractivity contribution in [2.75, 3.05) is 13.2 Å². The Kier molecular flexibility index (Phi) is 3.84. The number of benzene rings is 1. The Morgan fingerprint density at radius 2 is 1.90 bits per heavy atom. The van der Waals surface area contributed by atoms with E-state index in [9.17, 15) is 19.2 Å². The first-order valence-corrected chi connectivity index (χ1v) is 6.02. The van der Waals surface area contributed by atoms with Crippen LogP contribution < -0.4 is 5.73 Å². The highest BCUT2D eigenvalue weighted by Crippen LogP contribution is 2.24. The fourth-order valence-electron chi connectivity index (χ4n) is 1.93. The van der Waals surface area contributed by atoms with Gasteiger partial charge in [-0.3, -0.25) is 19.3 Å². The smallest absolute Gasteiger partial charge is 0.338 e. The Hall–Kier alpha value is -2.96.